The Morgan fingerprint density at radius 3 is 2.33 bits per heavy atom. The van der Waals surface area contributed by atoms with Crippen molar-refractivity contribution >= 4 is 11.6 Å². The molecule has 0 spiro atoms. The highest BCUT2D eigenvalue weighted by Gasteiger charge is 2.31. The van der Waals surface area contributed by atoms with E-state index in [2.05, 4.69) is 10.4 Å². The first-order chi connectivity index (χ1) is 13.1. The Morgan fingerprint density at radius 2 is 1.67 bits per heavy atom. The number of hydrogen-bond donors (Lipinski definition) is 1. The molecule has 4 nitrogen and oxygen atoms in total. The molecular weight excluding hydrogens is 341 g/mol. The van der Waals surface area contributed by atoms with Gasteiger partial charge in [-0.2, -0.15) is 0 Å². The molecule has 1 aliphatic rings. The molecule has 0 fully saturated rings. The van der Waals surface area contributed by atoms with Crippen LogP contribution in [0.3, 0.4) is 0 Å². The molecule has 1 aromatic heterocycles. The fourth-order valence-electron chi connectivity index (χ4n) is 3.08. The molecule has 1 amide bonds. The second-order valence-electron chi connectivity index (χ2n) is 6.47. The summed E-state index contributed by atoms with van der Waals surface area (Å²) in [5, 5.41) is 1.57. The number of nitrogens with one attached hydrogen (secondary N) is 1. The molecule has 0 radical (unpaired) electrons. The molecule has 1 aliphatic heterocycles. The summed E-state index contributed by atoms with van der Waals surface area (Å²) in [7, 11) is 0. The van der Waals surface area contributed by atoms with Gasteiger partial charge in [-0.3, -0.25) is 15.2 Å². The Hall–Kier alpha value is -3.47. The SMILES string of the molecule is Cc1ccc(C2=CC(c3ccc(F)cc3)N(C(=O)c3ccncc3)N2)cc1. The normalized spacial score (nSPS) is 16.0. The minimum absolute atomic E-state index is 0.176. The lowest BCUT2D eigenvalue weighted by Gasteiger charge is -2.25. The predicted octanol–water partition coefficient (Wildman–Crippen LogP) is 4.27. The van der Waals surface area contributed by atoms with Gasteiger partial charge >= 0.3 is 0 Å². The number of hydrogen-bond acceptors (Lipinski definition) is 3. The van der Waals surface area contributed by atoms with Gasteiger partial charge in [-0.05, 0) is 48.4 Å². The zero-order valence-electron chi connectivity index (χ0n) is 14.8. The Kier molecular flexibility index (Phi) is 4.42. The molecule has 0 aliphatic carbocycles. The van der Waals surface area contributed by atoms with Crippen LogP contribution >= 0.6 is 0 Å². The third-order valence-electron chi connectivity index (χ3n) is 4.56. The van der Waals surface area contributed by atoms with E-state index in [0.29, 0.717) is 5.56 Å². The molecular formula is C22H18FN3O. The minimum atomic E-state index is -0.345. The molecule has 3 aromatic rings. The molecule has 0 saturated carbocycles. The molecule has 1 atom stereocenters. The molecule has 134 valence electrons. The van der Waals surface area contributed by atoms with Gasteiger partial charge in [-0.15, -0.1) is 0 Å². The zero-order chi connectivity index (χ0) is 18.8. The fourth-order valence-corrected chi connectivity index (χ4v) is 3.08. The fraction of sp³-hybridized carbons (Fsp3) is 0.0909. The van der Waals surface area contributed by atoms with E-state index in [-0.39, 0.29) is 17.8 Å². The van der Waals surface area contributed by atoms with E-state index in [0.717, 1.165) is 22.4 Å². The largest absolute Gasteiger partial charge is 0.295 e. The average molecular weight is 359 g/mol. The lowest BCUT2D eigenvalue weighted by molar-refractivity contribution is 0.0672. The Balaban J connectivity index is 1.72. The number of halogens is 1. The molecule has 0 saturated heterocycles. The third-order valence-corrected chi connectivity index (χ3v) is 4.56. The first-order valence-corrected chi connectivity index (χ1v) is 8.66. The summed E-state index contributed by atoms with van der Waals surface area (Å²) in [5.74, 6) is -0.482. The van der Waals surface area contributed by atoms with Crippen molar-refractivity contribution in [3.63, 3.8) is 0 Å². The molecule has 27 heavy (non-hydrogen) atoms. The maximum Gasteiger partial charge on any atom is 0.273 e. The molecule has 0 bridgehead atoms. The Labute approximate surface area is 157 Å². The summed E-state index contributed by atoms with van der Waals surface area (Å²) < 4.78 is 13.4. The minimum Gasteiger partial charge on any atom is -0.295 e. The number of hydrazine groups is 1. The van der Waals surface area contributed by atoms with Crippen molar-refractivity contribution in [2.45, 2.75) is 13.0 Å². The van der Waals surface area contributed by atoms with Crippen LogP contribution in [0.2, 0.25) is 0 Å². The van der Waals surface area contributed by atoms with Gasteiger partial charge in [-0.25, -0.2) is 9.40 Å². The Morgan fingerprint density at radius 1 is 1.00 bits per heavy atom. The van der Waals surface area contributed by atoms with Gasteiger partial charge < -0.3 is 0 Å². The number of aryl methyl sites for hydroxylation is 1. The van der Waals surface area contributed by atoms with Gasteiger partial charge in [0.25, 0.3) is 5.91 Å². The molecule has 1 N–H and O–H groups in total. The van der Waals surface area contributed by atoms with Crippen molar-refractivity contribution in [2.75, 3.05) is 0 Å². The summed E-state index contributed by atoms with van der Waals surface area (Å²) in [6.07, 6.45) is 5.16. The zero-order valence-corrected chi connectivity index (χ0v) is 14.8. The van der Waals surface area contributed by atoms with E-state index in [4.69, 9.17) is 0 Å². The number of carbonyl (C=O) groups excluding carboxylic acids is 1. The van der Waals surface area contributed by atoms with Crippen LogP contribution in [0.25, 0.3) is 5.70 Å². The van der Waals surface area contributed by atoms with E-state index in [1.165, 1.54) is 12.1 Å². The second kappa shape index (κ2) is 7.03. The first kappa shape index (κ1) is 17.0. The van der Waals surface area contributed by atoms with E-state index in [1.807, 2.05) is 37.3 Å². The second-order valence-corrected chi connectivity index (χ2v) is 6.47. The number of pyridine rings is 1. The van der Waals surface area contributed by atoms with Crippen LogP contribution in [0.15, 0.2) is 79.1 Å². The van der Waals surface area contributed by atoms with Gasteiger partial charge in [0.1, 0.15) is 5.82 Å². The maximum absolute atomic E-state index is 13.4. The molecule has 5 heteroatoms. The summed E-state index contributed by atoms with van der Waals surface area (Å²) >= 11 is 0. The average Bonchev–Trinajstić information content (AvgIpc) is 3.14. The topological polar surface area (TPSA) is 45.2 Å². The number of amides is 1. The van der Waals surface area contributed by atoms with Gasteiger partial charge in [0.15, 0.2) is 0 Å². The lowest BCUT2D eigenvalue weighted by Crippen LogP contribution is -2.39. The van der Waals surface area contributed by atoms with Crippen molar-refractivity contribution in [1.82, 2.24) is 15.4 Å². The Bertz CT molecular complexity index is 982. The number of aromatic nitrogens is 1. The molecule has 2 aromatic carbocycles. The van der Waals surface area contributed by atoms with Crippen LogP contribution in [-0.4, -0.2) is 15.9 Å². The van der Waals surface area contributed by atoms with Crippen LogP contribution in [0, 0.1) is 12.7 Å². The highest BCUT2D eigenvalue weighted by Crippen LogP contribution is 2.32. The third kappa shape index (κ3) is 3.44. The van der Waals surface area contributed by atoms with Gasteiger partial charge in [0, 0.05) is 18.0 Å². The van der Waals surface area contributed by atoms with E-state index >= 15 is 0 Å². The van der Waals surface area contributed by atoms with Crippen LogP contribution in [-0.2, 0) is 0 Å². The highest BCUT2D eigenvalue weighted by atomic mass is 19.1. The highest BCUT2D eigenvalue weighted by molar-refractivity contribution is 5.95. The summed E-state index contributed by atoms with van der Waals surface area (Å²) in [6, 6.07) is 17.3. The van der Waals surface area contributed by atoms with Crippen molar-refractivity contribution in [3.8, 4) is 0 Å². The van der Waals surface area contributed by atoms with Crippen LogP contribution in [0.5, 0.6) is 0 Å². The van der Waals surface area contributed by atoms with E-state index in [9.17, 15) is 9.18 Å². The van der Waals surface area contributed by atoms with Crippen molar-refractivity contribution in [1.29, 1.82) is 0 Å². The summed E-state index contributed by atoms with van der Waals surface area (Å²) in [6.45, 7) is 2.03. The maximum atomic E-state index is 13.4. The number of carbonyl (C=O) groups is 1. The summed E-state index contributed by atoms with van der Waals surface area (Å²) in [5.41, 5.74) is 7.56. The first-order valence-electron chi connectivity index (χ1n) is 8.66. The quantitative estimate of drug-likeness (QED) is 0.759. The van der Waals surface area contributed by atoms with Gasteiger partial charge in [0.2, 0.25) is 0 Å². The van der Waals surface area contributed by atoms with E-state index in [1.54, 1.807) is 41.7 Å². The van der Waals surface area contributed by atoms with Crippen molar-refractivity contribution in [2.24, 2.45) is 0 Å². The molecule has 2 heterocycles. The van der Waals surface area contributed by atoms with Crippen molar-refractivity contribution in [3.05, 3.63) is 107 Å². The van der Waals surface area contributed by atoms with Gasteiger partial charge in [0.05, 0.1) is 11.7 Å². The van der Waals surface area contributed by atoms with Crippen LogP contribution in [0.4, 0.5) is 4.39 Å². The number of benzene rings is 2. The number of nitrogens with zero attached hydrogens (tertiary/aromatic N) is 2. The van der Waals surface area contributed by atoms with E-state index < -0.39 is 0 Å². The standard InChI is InChI=1S/C22H18FN3O/c1-15-2-4-16(5-3-15)20-14-21(17-6-8-19(23)9-7-17)26(25-20)22(27)18-10-12-24-13-11-18/h2-14,21,25H,1H3. The smallest absolute Gasteiger partial charge is 0.273 e. The predicted molar refractivity (Wildman–Crippen MR) is 102 cm³/mol. The summed E-state index contributed by atoms with van der Waals surface area (Å²) in [4.78, 5) is 17.0. The lowest BCUT2D eigenvalue weighted by atomic mass is 10.0. The molecule has 4 rings (SSSR count). The van der Waals surface area contributed by atoms with Gasteiger partial charge in [-0.1, -0.05) is 42.0 Å². The number of rotatable bonds is 3. The van der Waals surface area contributed by atoms with Crippen LogP contribution < -0.4 is 5.43 Å². The monoisotopic (exact) mass is 359 g/mol. The van der Waals surface area contributed by atoms with Crippen LogP contribution in [0.1, 0.15) is 33.1 Å². The molecule has 1 unspecified atom stereocenters. The van der Waals surface area contributed by atoms with Crippen molar-refractivity contribution < 1.29 is 9.18 Å².